The van der Waals surface area contributed by atoms with Gasteiger partial charge in [-0.05, 0) is 62.6 Å². The van der Waals surface area contributed by atoms with Crippen molar-refractivity contribution < 1.29 is 19.1 Å². The zero-order chi connectivity index (χ0) is 24.8. The van der Waals surface area contributed by atoms with Gasteiger partial charge in [0.15, 0.2) is 18.1 Å². The topological polar surface area (TPSA) is 67.9 Å². The van der Waals surface area contributed by atoms with Crippen LogP contribution in [0, 0.1) is 6.92 Å². The van der Waals surface area contributed by atoms with Crippen molar-refractivity contribution in [3.05, 3.63) is 58.5 Å². The fourth-order valence-electron chi connectivity index (χ4n) is 4.26. The van der Waals surface area contributed by atoms with Crippen LogP contribution in [0.3, 0.4) is 0 Å². The molecular weight excluding hydrogens is 480 g/mol. The van der Waals surface area contributed by atoms with Crippen LogP contribution in [0.4, 0.5) is 5.69 Å². The van der Waals surface area contributed by atoms with E-state index in [1.54, 1.807) is 11.0 Å². The van der Waals surface area contributed by atoms with Gasteiger partial charge in [-0.25, -0.2) is 0 Å². The molecular formula is C27H30N2O4S2. The number of nitrogens with zero attached hydrogens (tertiary/aromatic N) is 1. The first-order valence-corrected chi connectivity index (χ1v) is 13.2. The third-order valence-electron chi connectivity index (χ3n) is 6.02. The Labute approximate surface area is 216 Å². The van der Waals surface area contributed by atoms with Gasteiger partial charge in [0.25, 0.3) is 11.8 Å². The molecule has 1 aliphatic heterocycles. The maximum Gasteiger partial charge on any atom is 0.266 e. The van der Waals surface area contributed by atoms with Gasteiger partial charge in [0.1, 0.15) is 4.32 Å². The molecule has 2 aromatic carbocycles. The highest BCUT2D eigenvalue weighted by Crippen LogP contribution is 2.38. The standard InChI is InChI=1S/C27H30N2O4S2/c1-3-32-23-15-19(16-24-26(31)29(27(34)35-24)21-7-5-4-6-8-21)11-14-22(23)33-17-25(30)28-20-12-9-18(2)10-13-20/h9-16,21H,3-8,17H2,1-2H3,(H,28,30). The molecule has 1 saturated carbocycles. The molecule has 8 heteroatoms. The molecule has 2 aliphatic rings. The molecule has 2 fully saturated rings. The summed E-state index contributed by atoms with van der Waals surface area (Å²) < 4.78 is 12.1. The lowest BCUT2D eigenvalue weighted by Gasteiger charge is -2.29. The van der Waals surface area contributed by atoms with Crippen molar-refractivity contribution in [2.24, 2.45) is 0 Å². The number of nitrogens with one attached hydrogen (secondary N) is 1. The Kier molecular flexibility index (Phi) is 8.46. The zero-order valence-electron chi connectivity index (χ0n) is 20.0. The van der Waals surface area contributed by atoms with Gasteiger partial charge in [0.2, 0.25) is 0 Å². The molecule has 4 rings (SSSR count). The molecule has 1 heterocycles. The SMILES string of the molecule is CCOc1cc(C=C2SC(=S)N(C3CCCCC3)C2=O)ccc1OCC(=O)Nc1ccc(C)cc1. The average Bonchev–Trinajstić information content (AvgIpc) is 3.13. The van der Waals surface area contributed by atoms with Crippen LogP contribution in [0.15, 0.2) is 47.4 Å². The van der Waals surface area contributed by atoms with Crippen molar-refractivity contribution in [2.75, 3.05) is 18.5 Å². The second-order valence-electron chi connectivity index (χ2n) is 8.69. The number of carbonyl (C=O) groups excluding carboxylic acids is 2. The quantitative estimate of drug-likeness (QED) is 0.350. The van der Waals surface area contributed by atoms with Crippen molar-refractivity contribution in [2.45, 2.75) is 52.0 Å². The summed E-state index contributed by atoms with van der Waals surface area (Å²) in [6.45, 7) is 4.17. The van der Waals surface area contributed by atoms with Crippen LogP contribution in [0.2, 0.25) is 0 Å². The summed E-state index contributed by atoms with van der Waals surface area (Å²) in [5.41, 5.74) is 2.65. The van der Waals surface area contributed by atoms with Gasteiger partial charge in [-0.15, -0.1) is 0 Å². The lowest BCUT2D eigenvalue weighted by atomic mass is 9.94. The molecule has 1 aliphatic carbocycles. The number of aryl methyl sites for hydroxylation is 1. The number of ether oxygens (including phenoxy) is 2. The molecule has 0 aromatic heterocycles. The van der Waals surface area contributed by atoms with Crippen molar-refractivity contribution >= 4 is 51.9 Å². The van der Waals surface area contributed by atoms with E-state index in [-0.39, 0.29) is 24.5 Å². The minimum atomic E-state index is -0.258. The lowest BCUT2D eigenvalue weighted by Crippen LogP contribution is -2.39. The van der Waals surface area contributed by atoms with Crippen molar-refractivity contribution in [1.29, 1.82) is 0 Å². The minimum Gasteiger partial charge on any atom is -0.490 e. The van der Waals surface area contributed by atoms with E-state index in [0.717, 1.165) is 42.5 Å². The van der Waals surface area contributed by atoms with Crippen LogP contribution in [-0.2, 0) is 9.59 Å². The molecule has 2 amide bonds. The number of anilines is 1. The van der Waals surface area contributed by atoms with Crippen LogP contribution in [-0.4, -0.2) is 40.3 Å². The number of thioether (sulfide) groups is 1. The maximum absolute atomic E-state index is 13.1. The molecule has 6 nitrogen and oxygen atoms in total. The summed E-state index contributed by atoms with van der Waals surface area (Å²) in [5.74, 6) is 0.717. The van der Waals surface area contributed by atoms with Crippen LogP contribution >= 0.6 is 24.0 Å². The highest BCUT2D eigenvalue weighted by molar-refractivity contribution is 8.26. The Bertz CT molecular complexity index is 1120. The van der Waals surface area contributed by atoms with Crippen LogP contribution < -0.4 is 14.8 Å². The van der Waals surface area contributed by atoms with E-state index in [1.807, 2.05) is 56.3 Å². The Morgan fingerprint density at radius 1 is 1.11 bits per heavy atom. The molecule has 0 bridgehead atoms. The highest BCUT2D eigenvalue weighted by atomic mass is 32.2. The molecule has 1 N–H and O–H groups in total. The zero-order valence-corrected chi connectivity index (χ0v) is 21.7. The molecule has 0 spiro atoms. The van der Waals surface area contributed by atoms with Gasteiger partial charge in [0, 0.05) is 11.7 Å². The molecule has 184 valence electrons. The third-order valence-corrected chi connectivity index (χ3v) is 7.35. The number of hydrogen-bond acceptors (Lipinski definition) is 6. The maximum atomic E-state index is 13.1. The van der Waals surface area contributed by atoms with Gasteiger partial charge >= 0.3 is 0 Å². The van der Waals surface area contributed by atoms with E-state index in [2.05, 4.69) is 5.32 Å². The summed E-state index contributed by atoms with van der Waals surface area (Å²) in [6.07, 6.45) is 7.38. The van der Waals surface area contributed by atoms with E-state index < -0.39 is 0 Å². The molecule has 0 unspecified atom stereocenters. The first-order valence-electron chi connectivity index (χ1n) is 12.0. The Balaban J connectivity index is 1.43. The predicted octanol–water partition coefficient (Wildman–Crippen LogP) is 5.95. The average molecular weight is 511 g/mol. The second kappa shape index (κ2) is 11.7. The van der Waals surface area contributed by atoms with Gasteiger partial charge in [-0.2, -0.15) is 0 Å². The molecule has 1 saturated heterocycles. The van der Waals surface area contributed by atoms with E-state index in [9.17, 15) is 9.59 Å². The van der Waals surface area contributed by atoms with Crippen molar-refractivity contribution in [3.63, 3.8) is 0 Å². The summed E-state index contributed by atoms with van der Waals surface area (Å²) in [6, 6.07) is 13.2. The first kappa shape index (κ1) is 25.3. The van der Waals surface area contributed by atoms with E-state index in [0.29, 0.717) is 27.3 Å². The van der Waals surface area contributed by atoms with Crippen molar-refractivity contribution in [1.82, 2.24) is 4.90 Å². The first-order chi connectivity index (χ1) is 16.9. The van der Waals surface area contributed by atoms with Gasteiger partial charge in [-0.1, -0.05) is 67.0 Å². The number of rotatable bonds is 8. The number of carbonyl (C=O) groups is 2. The van der Waals surface area contributed by atoms with Gasteiger partial charge < -0.3 is 14.8 Å². The van der Waals surface area contributed by atoms with E-state index >= 15 is 0 Å². The van der Waals surface area contributed by atoms with Crippen molar-refractivity contribution in [3.8, 4) is 11.5 Å². The van der Waals surface area contributed by atoms with E-state index in [4.69, 9.17) is 21.7 Å². The summed E-state index contributed by atoms with van der Waals surface area (Å²) in [5, 5.41) is 2.82. The predicted molar refractivity (Wildman–Crippen MR) is 145 cm³/mol. The molecule has 35 heavy (non-hydrogen) atoms. The summed E-state index contributed by atoms with van der Waals surface area (Å²) in [7, 11) is 0. The fourth-order valence-corrected chi connectivity index (χ4v) is 5.66. The number of hydrogen-bond donors (Lipinski definition) is 1. The third kappa shape index (κ3) is 6.44. The van der Waals surface area contributed by atoms with Gasteiger partial charge in [-0.3, -0.25) is 14.5 Å². The smallest absolute Gasteiger partial charge is 0.266 e. The number of thiocarbonyl (C=S) groups is 1. The van der Waals surface area contributed by atoms with Gasteiger partial charge in [0.05, 0.1) is 11.5 Å². The molecule has 2 aromatic rings. The van der Waals surface area contributed by atoms with E-state index in [1.165, 1.54) is 18.2 Å². The summed E-state index contributed by atoms with van der Waals surface area (Å²) in [4.78, 5) is 27.8. The minimum absolute atomic E-state index is 0.0158. The lowest BCUT2D eigenvalue weighted by molar-refractivity contribution is -0.124. The molecule has 0 radical (unpaired) electrons. The Morgan fingerprint density at radius 2 is 1.86 bits per heavy atom. The molecule has 0 atom stereocenters. The fraction of sp³-hybridized carbons (Fsp3) is 0.370. The second-order valence-corrected chi connectivity index (χ2v) is 10.4. The largest absolute Gasteiger partial charge is 0.490 e. The number of amides is 2. The van der Waals surface area contributed by atoms with Crippen LogP contribution in [0.5, 0.6) is 11.5 Å². The number of benzene rings is 2. The highest BCUT2D eigenvalue weighted by Gasteiger charge is 2.37. The Hall–Kier alpha value is -2.84. The van der Waals surface area contributed by atoms with Crippen LogP contribution in [0.1, 0.15) is 50.2 Å². The monoisotopic (exact) mass is 510 g/mol. The Morgan fingerprint density at radius 3 is 2.57 bits per heavy atom. The normalized spacial score (nSPS) is 17.7. The van der Waals surface area contributed by atoms with Crippen LogP contribution in [0.25, 0.3) is 6.08 Å². The summed E-state index contributed by atoms with van der Waals surface area (Å²) >= 11 is 6.89.